The molecule has 24 heavy (non-hydrogen) atoms. The van der Waals surface area contributed by atoms with Crippen molar-refractivity contribution in [3.63, 3.8) is 0 Å². The van der Waals surface area contributed by atoms with E-state index in [9.17, 15) is 9.59 Å². The zero-order valence-electron chi connectivity index (χ0n) is 13.2. The van der Waals surface area contributed by atoms with Crippen LogP contribution in [0.15, 0.2) is 35.7 Å². The van der Waals surface area contributed by atoms with Crippen LogP contribution in [0.3, 0.4) is 0 Å². The third-order valence-corrected chi connectivity index (χ3v) is 5.20. The van der Waals surface area contributed by atoms with Crippen molar-refractivity contribution in [2.45, 2.75) is 19.8 Å². The summed E-state index contributed by atoms with van der Waals surface area (Å²) in [6, 6.07) is 9.64. The van der Waals surface area contributed by atoms with Crippen molar-refractivity contribution in [1.82, 2.24) is 10.3 Å². The molecule has 0 fully saturated rings. The van der Waals surface area contributed by atoms with Crippen LogP contribution in [0.2, 0.25) is 0 Å². The van der Waals surface area contributed by atoms with E-state index in [0.29, 0.717) is 29.4 Å². The lowest BCUT2D eigenvalue weighted by atomic mass is 10.2. The van der Waals surface area contributed by atoms with Gasteiger partial charge in [0.15, 0.2) is 5.13 Å². The Morgan fingerprint density at radius 2 is 2.12 bits per heavy atom. The molecule has 3 aromatic rings. The number of carbonyl (C=O) groups is 2. The zero-order chi connectivity index (χ0) is 16.9. The molecular weight excluding hydrogens is 342 g/mol. The highest BCUT2D eigenvalue weighted by molar-refractivity contribution is 7.22. The van der Waals surface area contributed by atoms with Crippen molar-refractivity contribution in [2.24, 2.45) is 0 Å². The molecule has 2 N–H and O–H groups in total. The number of hydrogen-bond donors (Lipinski definition) is 2. The number of nitrogens with zero attached hydrogens (tertiary/aromatic N) is 1. The molecule has 0 aliphatic heterocycles. The van der Waals surface area contributed by atoms with Gasteiger partial charge in [0.05, 0.1) is 15.1 Å². The van der Waals surface area contributed by atoms with Crippen molar-refractivity contribution >= 4 is 49.8 Å². The van der Waals surface area contributed by atoms with Crippen LogP contribution in [0.4, 0.5) is 5.13 Å². The summed E-state index contributed by atoms with van der Waals surface area (Å²) >= 11 is 2.87. The number of thiazole rings is 1. The molecule has 2 amide bonds. The first-order valence-electron chi connectivity index (χ1n) is 7.60. The second-order valence-corrected chi connectivity index (χ2v) is 7.35. The standard InChI is InChI=1S/C17H17N3O2S2/c1-11-6-7-12-14(10-11)24-17(19-12)20-15(21)5-2-8-18-16(22)13-4-3-9-23-13/h3-4,6-7,9-10H,2,5,8H2,1H3,(H,18,22)(H,19,20,21). The smallest absolute Gasteiger partial charge is 0.261 e. The number of anilines is 1. The number of fused-ring (bicyclic) bond motifs is 1. The molecule has 0 atom stereocenters. The average Bonchev–Trinajstić information content (AvgIpc) is 3.20. The van der Waals surface area contributed by atoms with E-state index in [2.05, 4.69) is 21.7 Å². The fourth-order valence-corrected chi connectivity index (χ4v) is 3.83. The predicted molar refractivity (Wildman–Crippen MR) is 98.9 cm³/mol. The molecule has 2 heterocycles. The average molecular weight is 359 g/mol. The van der Waals surface area contributed by atoms with Gasteiger partial charge >= 0.3 is 0 Å². The zero-order valence-corrected chi connectivity index (χ0v) is 14.8. The summed E-state index contributed by atoms with van der Waals surface area (Å²) in [6.45, 7) is 2.51. The first-order valence-corrected chi connectivity index (χ1v) is 9.30. The summed E-state index contributed by atoms with van der Waals surface area (Å²) in [5, 5.41) is 8.11. The predicted octanol–water partition coefficient (Wildman–Crippen LogP) is 3.81. The van der Waals surface area contributed by atoms with Crippen LogP contribution >= 0.6 is 22.7 Å². The minimum atomic E-state index is -0.0908. The molecule has 0 bridgehead atoms. The van der Waals surface area contributed by atoms with Gasteiger partial charge in [-0.2, -0.15) is 0 Å². The molecule has 0 radical (unpaired) electrons. The normalized spacial score (nSPS) is 10.7. The SMILES string of the molecule is Cc1ccc2nc(NC(=O)CCCNC(=O)c3cccs3)sc2c1. The molecule has 0 saturated heterocycles. The highest BCUT2D eigenvalue weighted by atomic mass is 32.1. The maximum Gasteiger partial charge on any atom is 0.261 e. The molecule has 1 aromatic carbocycles. The van der Waals surface area contributed by atoms with Crippen LogP contribution < -0.4 is 10.6 Å². The first-order chi connectivity index (χ1) is 11.6. The van der Waals surface area contributed by atoms with E-state index >= 15 is 0 Å². The van der Waals surface area contributed by atoms with Gasteiger partial charge in [-0.1, -0.05) is 23.5 Å². The number of carbonyl (C=O) groups excluding carboxylic acids is 2. The van der Waals surface area contributed by atoms with Crippen molar-refractivity contribution in [2.75, 3.05) is 11.9 Å². The number of thiophene rings is 1. The maximum atomic E-state index is 12.0. The molecule has 2 aromatic heterocycles. The molecule has 0 unspecified atom stereocenters. The Morgan fingerprint density at radius 3 is 2.92 bits per heavy atom. The second kappa shape index (κ2) is 7.55. The van der Waals surface area contributed by atoms with Gasteiger partial charge < -0.3 is 10.6 Å². The Morgan fingerprint density at radius 1 is 1.25 bits per heavy atom. The fraction of sp³-hybridized carbons (Fsp3) is 0.235. The number of benzene rings is 1. The lowest BCUT2D eigenvalue weighted by Gasteiger charge is -2.03. The van der Waals surface area contributed by atoms with Crippen molar-refractivity contribution in [3.8, 4) is 0 Å². The van der Waals surface area contributed by atoms with Crippen LogP contribution in [0.1, 0.15) is 28.1 Å². The Hall–Kier alpha value is -2.25. The fourth-order valence-electron chi connectivity index (χ4n) is 2.21. The maximum absolute atomic E-state index is 12.0. The number of amides is 2. The van der Waals surface area contributed by atoms with Gasteiger partial charge in [-0.15, -0.1) is 11.3 Å². The largest absolute Gasteiger partial charge is 0.351 e. The summed E-state index contributed by atoms with van der Waals surface area (Å²) in [5.74, 6) is -0.178. The minimum absolute atomic E-state index is 0.0869. The van der Waals surface area contributed by atoms with E-state index in [0.717, 1.165) is 10.2 Å². The van der Waals surface area contributed by atoms with Gasteiger partial charge in [-0.25, -0.2) is 4.98 Å². The van der Waals surface area contributed by atoms with Crippen LogP contribution in [0.25, 0.3) is 10.2 Å². The molecule has 0 saturated carbocycles. The van der Waals surface area contributed by atoms with Crippen LogP contribution in [-0.2, 0) is 4.79 Å². The van der Waals surface area contributed by atoms with Crippen molar-refractivity contribution in [1.29, 1.82) is 0 Å². The number of hydrogen-bond acceptors (Lipinski definition) is 5. The Labute approximate surface area is 147 Å². The Kier molecular flexibility index (Phi) is 5.22. The van der Waals surface area contributed by atoms with E-state index in [-0.39, 0.29) is 11.8 Å². The van der Waals surface area contributed by atoms with E-state index in [1.165, 1.54) is 28.2 Å². The highest BCUT2D eigenvalue weighted by Gasteiger charge is 2.09. The summed E-state index contributed by atoms with van der Waals surface area (Å²) in [5.41, 5.74) is 2.06. The lowest BCUT2D eigenvalue weighted by Crippen LogP contribution is -2.24. The molecule has 0 aliphatic carbocycles. The monoisotopic (exact) mass is 359 g/mol. The first kappa shape index (κ1) is 16.6. The minimum Gasteiger partial charge on any atom is -0.351 e. The van der Waals surface area contributed by atoms with Gasteiger partial charge in [-0.3, -0.25) is 9.59 Å². The molecule has 7 heteroatoms. The van der Waals surface area contributed by atoms with Gasteiger partial charge in [0, 0.05) is 13.0 Å². The van der Waals surface area contributed by atoms with Gasteiger partial charge in [0.2, 0.25) is 5.91 Å². The summed E-state index contributed by atoms with van der Waals surface area (Å²) in [7, 11) is 0. The van der Waals surface area contributed by atoms with E-state index < -0.39 is 0 Å². The van der Waals surface area contributed by atoms with Gasteiger partial charge in [-0.05, 0) is 42.5 Å². The molecular formula is C17H17N3O2S2. The van der Waals surface area contributed by atoms with E-state index in [1.54, 1.807) is 6.07 Å². The molecule has 0 aliphatic rings. The molecule has 5 nitrogen and oxygen atoms in total. The van der Waals surface area contributed by atoms with Crippen LogP contribution in [0.5, 0.6) is 0 Å². The van der Waals surface area contributed by atoms with E-state index in [4.69, 9.17) is 0 Å². The Balaban J connectivity index is 1.44. The van der Waals surface area contributed by atoms with Crippen molar-refractivity contribution in [3.05, 3.63) is 46.2 Å². The summed E-state index contributed by atoms with van der Waals surface area (Å²) in [4.78, 5) is 28.8. The molecule has 3 rings (SSSR count). The van der Waals surface area contributed by atoms with Crippen LogP contribution in [-0.4, -0.2) is 23.3 Å². The lowest BCUT2D eigenvalue weighted by molar-refractivity contribution is -0.116. The van der Waals surface area contributed by atoms with Gasteiger partial charge in [0.25, 0.3) is 5.91 Å². The van der Waals surface area contributed by atoms with Gasteiger partial charge in [0.1, 0.15) is 0 Å². The van der Waals surface area contributed by atoms with Crippen LogP contribution in [0, 0.1) is 6.92 Å². The number of rotatable bonds is 6. The van der Waals surface area contributed by atoms with E-state index in [1.807, 2.05) is 30.5 Å². The topological polar surface area (TPSA) is 71.1 Å². The molecule has 124 valence electrons. The third-order valence-electron chi connectivity index (χ3n) is 3.40. The number of aryl methyl sites for hydroxylation is 1. The number of aromatic nitrogens is 1. The van der Waals surface area contributed by atoms with Crippen molar-refractivity contribution < 1.29 is 9.59 Å². The number of nitrogens with one attached hydrogen (secondary N) is 2. The second-order valence-electron chi connectivity index (χ2n) is 5.38. The quantitative estimate of drug-likeness (QED) is 0.657. The third kappa shape index (κ3) is 4.18. The Bertz CT molecular complexity index is 856. The molecule has 0 spiro atoms. The summed E-state index contributed by atoms with van der Waals surface area (Å²) < 4.78 is 1.06. The summed E-state index contributed by atoms with van der Waals surface area (Å²) in [6.07, 6.45) is 0.937. The highest BCUT2D eigenvalue weighted by Crippen LogP contribution is 2.26.